The van der Waals surface area contributed by atoms with Crippen molar-refractivity contribution < 1.29 is 19.1 Å². The van der Waals surface area contributed by atoms with Gasteiger partial charge in [-0.05, 0) is 18.4 Å². The maximum atomic E-state index is 12.2. The Morgan fingerprint density at radius 2 is 2.19 bits per heavy atom. The molecule has 1 amide bonds. The van der Waals surface area contributed by atoms with Gasteiger partial charge in [0.15, 0.2) is 0 Å². The molecule has 0 saturated carbocycles. The molecule has 0 spiro atoms. The number of aryl methyl sites for hydroxylation is 1. The molecule has 0 unspecified atom stereocenters. The average molecular weight is 309 g/mol. The average Bonchev–Trinajstić information content (AvgIpc) is 3.05. The van der Waals surface area contributed by atoms with Crippen molar-refractivity contribution in [2.24, 2.45) is 7.05 Å². The second kappa shape index (κ2) is 6.40. The minimum atomic E-state index is -0.466. The standard InChI is InChI=1S/C13H15N3O4S/c1-4-20-13(18)8-5-6-21-12(8)14-10(17)9-7-16(2)15-11(9)19-3/h5-7H,4H2,1-3H3,(H,14,17). The first-order chi connectivity index (χ1) is 10.1. The van der Waals surface area contributed by atoms with Crippen LogP contribution in [0.1, 0.15) is 27.6 Å². The molecule has 2 heterocycles. The zero-order chi connectivity index (χ0) is 15.4. The number of hydrogen-bond donors (Lipinski definition) is 1. The summed E-state index contributed by atoms with van der Waals surface area (Å²) in [5.74, 6) is -0.635. The maximum absolute atomic E-state index is 12.2. The van der Waals surface area contributed by atoms with Crippen LogP contribution in [0.5, 0.6) is 5.88 Å². The largest absolute Gasteiger partial charge is 0.479 e. The molecule has 0 bridgehead atoms. The molecule has 2 rings (SSSR count). The van der Waals surface area contributed by atoms with Crippen LogP contribution in [-0.4, -0.2) is 35.4 Å². The van der Waals surface area contributed by atoms with Crippen molar-refractivity contribution in [1.29, 1.82) is 0 Å². The highest BCUT2D eigenvalue weighted by atomic mass is 32.1. The van der Waals surface area contributed by atoms with Gasteiger partial charge in [-0.15, -0.1) is 16.4 Å². The van der Waals surface area contributed by atoms with Crippen LogP contribution < -0.4 is 10.1 Å². The van der Waals surface area contributed by atoms with Gasteiger partial charge >= 0.3 is 5.97 Å². The molecular formula is C13H15N3O4S. The number of esters is 1. The lowest BCUT2D eigenvalue weighted by Crippen LogP contribution is -2.14. The van der Waals surface area contributed by atoms with Gasteiger partial charge in [-0.25, -0.2) is 4.79 Å². The quantitative estimate of drug-likeness (QED) is 0.853. The first kappa shape index (κ1) is 15.0. The molecule has 0 aromatic carbocycles. The topological polar surface area (TPSA) is 82.5 Å². The predicted octanol–water partition coefficient (Wildman–Crippen LogP) is 1.92. The van der Waals surface area contributed by atoms with Crippen molar-refractivity contribution >= 4 is 28.2 Å². The Kier molecular flexibility index (Phi) is 4.59. The summed E-state index contributed by atoms with van der Waals surface area (Å²) in [5, 5.41) is 8.84. The summed E-state index contributed by atoms with van der Waals surface area (Å²) < 4.78 is 11.5. The van der Waals surface area contributed by atoms with Gasteiger partial charge in [-0.2, -0.15) is 0 Å². The van der Waals surface area contributed by atoms with E-state index >= 15 is 0 Å². The number of nitrogens with one attached hydrogen (secondary N) is 1. The van der Waals surface area contributed by atoms with Gasteiger partial charge in [0.2, 0.25) is 5.88 Å². The van der Waals surface area contributed by atoms with Crippen molar-refractivity contribution in [3.05, 3.63) is 28.8 Å². The van der Waals surface area contributed by atoms with Crippen molar-refractivity contribution in [2.45, 2.75) is 6.92 Å². The number of rotatable bonds is 5. The minimum Gasteiger partial charge on any atom is -0.479 e. The molecule has 2 aromatic heterocycles. The zero-order valence-electron chi connectivity index (χ0n) is 11.9. The fraction of sp³-hybridized carbons (Fsp3) is 0.308. The molecule has 0 radical (unpaired) electrons. The van der Waals surface area contributed by atoms with Gasteiger partial charge in [0.25, 0.3) is 5.91 Å². The van der Waals surface area contributed by atoms with E-state index in [-0.39, 0.29) is 12.5 Å². The van der Waals surface area contributed by atoms with Crippen LogP contribution in [0.2, 0.25) is 0 Å². The van der Waals surface area contributed by atoms with E-state index in [4.69, 9.17) is 9.47 Å². The van der Waals surface area contributed by atoms with Crippen LogP contribution in [0, 0.1) is 0 Å². The molecule has 1 N–H and O–H groups in total. The smallest absolute Gasteiger partial charge is 0.341 e. The summed E-state index contributed by atoms with van der Waals surface area (Å²) in [4.78, 5) is 24.0. The molecule has 21 heavy (non-hydrogen) atoms. The van der Waals surface area contributed by atoms with Crippen LogP contribution in [0.4, 0.5) is 5.00 Å². The van der Waals surface area contributed by atoms with Crippen molar-refractivity contribution in [1.82, 2.24) is 9.78 Å². The van der Waals surface area contributed by atoms with E-state index in [0.29, 0.717) is 16.1 Å². The first-order valence-corrected chi connectivity index (χ1v) is 7.08. The normalized spacial score (nSPS) is 10.2. The van der Waals surface area contributed by atoms with E-state index in [1.807, 2.05) is 0 Å². The number of aromatic nitrogens is 2. The molecule has 7 nitrogen and oxygen atoms in total. The number of ether oxygens (including phenoxy) is 2. The van der Waals surface area contributed by atoms with E-state index in [1.54, 1.807) is 31.6 Å². The summed E-state index contributed by atoms with van der Waals surface area (Å²) in [5.41, 5.74) is 0.626. The van der Waals surface area contributed by atoms with Gasteiger partial charge in [-0.1, -0.05) is 0 Å². The lowest BCUT2D eigenvalue weighted by atomic mass is 10.3. The SMILES string of the molecule is CCOC(=O)c1ccsc1NC(=O)c1cn(C)nc1OC. The van der Waals surface area contributed by atoms with E-state index in [2.05, 4.69) is 10.4 Å². The third-order valence-electron chi connectivity index (χ3n) is 2.62. The first-order valence-electron chi connectivity index (χ1n) is 6.20. The van der Waals surface area contributed by atoms with Gasteiger partial charge in [0.05, 0.1) is 19.3 Å². The predicted molar refractivity (Wildman–Crippen MR) is 78.0 cm³/mol. The molecule has 8 heteroatoms. The number of nitrogens with zero attached hydrogens (tertiary/aromatic N) is 2. The van der Waals surface area contributed by atoms with Gasteiger partial charge in [-0.3, -0.25) is 9.48 Å². The number of amides is 1. The summed E-state index contributed by atoms with van der Waals surface area (Å²) >= 11 is 1.25. The zero-order valence-corrected chi connectivity index (χ0v) is 12.7. The molecular weight excluding hydrogens is 294 g/mol. The van der Waals surface area contributed by atoms with Crippen LogP contribution in [0.15, 0.2) is 17.6 Å². The minimum absolute atomic E-state index is 0.226. The Bertz CT molecular complexity index is 662. The number of methoxy groups -OCH3 is 1. The second-order valence-electron chi connectivity index (χ2n) is 4.06. The van der Waals surface area contributed by atoms with E-state index in [0.717, 1.165) is 0 Å². The van der Waals surface area contributed by atoms with Crippen molar-refractivity contribution in [3.8, 4) is 5.88 Å². The Morgan fingerprint density at radius 3 is 2.86 bits per heavy atom. The molecule has 0 fully saturated rings. The molecule has 0 atom stereocenters. The third-order valence-corrected chi connectivity index (χ3v) is 3.45. The molecule has 112 valence electrons. The van der Waals surface area contributed by atoms with Gasteiger partial charge in [0.1, 0.15) is 10.6 Å². The Labute approximate surface area is 125 Å². The highest BCUT2D eigenvalue weighted by Gasteiger charge is 2.20. The van der Waals surface area contributed by atoms with Gasteiger partial charge in [0, 0.05) is 13.2 Å². The molecule has 2 aromatic rings. The molecule has 0 aliphatic carbocycles. The van der Waals surface area contributed by atoms with Gasteiger partial charge < -0.3 is 14.8 Å². The highest BCUT2D eigenvalue weighted by Crippen LogP contribution is 2.26. The number of hydrogen-bond acceptors (Lipinski definition) is 6. The molecule has 0 aliphatic heterocycles. The number of carbonyl (C=O) groups is 2. The summed E-state index contributed by atoms with van der Waals surface area (Å²) in [7, 11) is 3.13. The Balaban J connectivity index is 2.20. The van der Waals surface area contributed by atoms with Crippen molar-refractivity contribution in [3.63, 3.8) is 0 Å². The Morgan fingerprint density at radius 1 is 1.43 bits per heavy atom. The fourth-order valence-electron chi connectivity index (χ4n) is 1.72. The summed E-state index contributed by atoms with van der Waals surface area (Å²) in [6.45, 7) is 2.00. The van der Waals surface area contributed by atoms with Crippen LogP contribution in [-0.2, 0) is 11.8 Å². The lowest BCUT2D eigenvalue weighted by Gasteiger charge is -2.05. The van der Waals surface area contributed by atoms with Crippen molar-refractivity contribution in [2.75, 3.05) is 19.0 Å². The number of anilines is 1. The molecule has 0 aliphatic rings. The number of carbonyl (C=O) groups excluding carboxylic acids is 2. The van der Waals surface area contributed by atoms with Crippen LogP contribution >= 0.6 is 11.3 Å². The fourth-order valence-corrected chi connectivity index (χ4v) is 2.49. The van der Waals surface area contributed by atoms with Crippen LogP contribution in [0.3, 0.4) is 0 Å². The van der Waals surface area contributed by atoms with E-state index in [9.17, 15) is 9.59 Å². The van der Waals surface area contributed by atoms with E-state index in [1.165, 1.54) is 23.1 Å². The van der Waals surface area contributed by atoms with Crippen LogP contribution in [0.25, 0.3) is 0 Å². The summed E-state index contributed by atoms with van der Waals surface area (Å²) in [6, 6.07) is 1.61. The van der Waals surface area contributed by atoms with E-state index < -0.39 is 11.9 Å². The monoisotopic (exact) mass is 309 g/mol. The third kappa shape index (κ3) is 3.22. The summed E-state index contributed by atoms with van der Waals surface area (Å²) in [6.07, 6.45) is 1.55. The Hall–Kier alpha value is -2.35. The molecule has 0 saturated heterocycles. The second-order valence-corrected chi connectivity index (χ2v) is 4.98. The number of thiophene rings is 1. The lowest BCUT2D eigenvalue weighted by molar-refractivity contribution is 0.0528. The highest BCUT2D eigenvalue weighted by molar-refractivity contribution is 7.14. The maximum Gasteiger partial charge on any atom is 0.341 e.